The van der Waals surface area contributed by atoms with Gasteiger partial charge in [-0.2, -0.15) is 0 Å². The lowest BCUT2D eigenvalue weighted by atomic mass is 10.0. The first-order valence-corrected chi connectivity index (χ1v) is 10.4. The van der Waals surface area contributed by atoms with E-state index >= 15 is 0 Å². The normalized spacial score (nSPS) is 15.7. The van der Waals surface area contributed by atoms with E-state index in [1.807, 2.05) is 19.2 Å². The van der Waals surface area contributed by atoms with Gasteiger partial charge < -0.3 is 9.84 Å². The van der Waals surface area contributed by atoms with Gasteiger partial charge in [0, 0.05) is 37.9 Å². The molecular weight excluding hydrogens is 362 g/mol. The van der Waals surface area contributed by atoms with Gasteiger partial charge in [0.05, 0.1) is 17.0 Å². The Morgan fingerprint density at radius 2 is 1.93 bits per heavy atom. The highest BCUT2D eigenvalue weighted by Crippen LogP contribution is 2.29. The van der Waals surface area contributed by atoms with Crippen molar-refractivity contribution in [3.05, 3.63) is 59.5 Å². The molecule has 29 heavy (non-hydrogen) atoms. The standard InChI is InChI=1S/C23H29N5O/c1-16(2)22-20(21-13-17(3)27-29-21)14-24-23(26-22)25-19-9-11-28(12-10-19)15-18-7-5-4-6-8-18/h4-8,13-14,16,19H,9-12,15H2,1-3H3,(H,24,25,26). The van der Waals surface area contributed by atoms with Gasteiger partial charge in [0.25, 0.3) is 0 Å². The number of aromatic nitrogens is 3. The molecule has 1 saturated heterocycles. The number of hydrogen-bond donors (Lipinski definition) is 1. The Balaban J connectivity index is 1.39. The highest BCUT2D eigenvalue weighted by atomic mass is 16.5. The van der Waals surface area contributed by atoms with Crippen LogP contribution in [0.5, 0.6) is 0 Å². The molecule has 4 rings (SSSR count). The Morgan fingerprint density at radius 1 is 1.17 bits per heavy atom. The van der Waals surface area contributed by atoms with E-state index in [1.165, 1.54) is 5.56 Å². The van der Waals surface area contributed by atoms with Crippen LogP contribution in [-0.4, -0.2) is 39.2 Å². The van der Waals surface area contributed by atoms with Gasteiger partial charge in [0.15, 0.2) is 5.76 Å². The Morgan fingerprint density at radius 3 is 2.59 bits per heavy atom. The van der Waals surface area contributed by atoms with E-state index in [4.69, 9.17) is 9.51 Å². The molecule has 1 aromatic carbocycles. The molecule has 0 atom stereocenters. The second-order valence-corrected chi connectivity index (χ2v) is 8.16. The molecule has 1 N–H and O–H groups in total. The van der Waals surface area contributed by atoms with Crippen LogP contribution in [0.15, 0.2) is 47.1 Å². The third-order valence-electron chi connectivity index (χ3n) is 5.43. The molecular formula is C23H29N5O. The summed E-state index contributed by atoms with van der Waals surface area (Å²) in [5.74, 6) is 1.70. The van der Waals surface area contributed by atoms with E-state index in [-0.39, 0.29) is 5.92 Å². The summed E-state index contributed by atoms with van der Waals surface area (Å²) in [5.41, 5.74) is 4.14. The summed E-state index contributed by atoms with van der Waals surface area (Å²) in [6.45, 7) is 9.38. The first-order chi connectivity index (χ1) is 14.1. The SMILES string of the molecule is Cc1cc(-c2cnc(NC3CCN(Cc4ccccc4)CC3)nc2C(C)C)on1. The van der Waals surface area contributed by atoms with E-state index < -0.39 is 0 Å². The lowest BCUT2D eigenvalue weighted by Gasteiger charge is -2.32. The fourth-order valence-electron chi connectivity index (χ4n) is 3.84. The lowest BCUT2D eigenvalue weighted by molar-refractivity contribution is 0.211. The number of nitrogens with zero attached hydrogens (tertiary/aromatic N) is 4. The van der Waals surface area contributed by atoms with E-state index in [2.05, 4.69) is 64.5 Å². The molecule has 1 aliphatic rings. The van der Waals surface area contributed by atoms with Crippen molar-refractivity contribution in [3.8, 4) is 11.3 Å². The molecule has 0 spiro atoms. The van der Waals surface area contributed by atoms with Crippen molar-refractivity contribution in [2.24, 2.45) is 0 Å². The number of aryl methyl sites for hydroxylation is 1. The third-order valence-corrected chi connectivity index (χ3v) is 5.43. The smallest absolute Gasteiger partial charge is 0.223 e. The van der Waals surface area contributed by atoms with Crippen LogP contribution in [0.25, 0.3) is 11.3 Å². The second kappa shape index (κ2) is 8.74. The summed E-state index contributed by atoms with van der Waals surface area (Å²) in [7, 11) is 0. The molecule has 0 saturated carbocycles. The minimum absolute atomic E-state index is 0.270. The predicted molar refractivity (Wildman–Crippen MR) is 115 cm³/mol. The summed E-state index contributed by atoms with van der Waals surface area (Å²) in [5, 5.41) is 7.54. The summed E-state index contributed by atoms with van der Waals surface area (Å²) < 4.78 is 5.44. The van der Waals surface area contributed by atoms with Crippen LogP contribution in [0.1, 0.15) is 49.6 Å². The molecule has 3 heterocycles. The molecule has 2 aromatic heterocycles. The second-order valence-electron chi connectivity index (χ2n) is 8.16. The van der Waals surface area contributed by atoms with Gasteiger partial charge in [0.1, 0.15) is 0 Å². The van der Waals surface area contributed by atoms with Crippen molar-refractivity contribution in [1.29, 1.82) is 0 Å². The Labute approximate surface area is 172 Å². The Bertz CT molecular complexity index is 929. The fraction of sp³-hybridized carbons (Fsp3) is 0.435. The van der Waals surface area contributed by atoms with Crippen molar-refractivity contribution in [3.63, 3.8) is 0 Å². The van der Waals surface area contributed by atoms with E-state index in [0.29, 0.717) is 12.0 Å². The van der Waals surface area contributed by atoms with Crippen molar-refractivity contribution in [2.45, 2.75) is 52.1 Å². The zero-order valence-electron chi connectivity index (χ0n) is 17.4. The van der Waals surface area contributed by atoms with Crippen LogP contribution < -0.4 is 5.32 Å². The highest BCUT2D eigenvalue weighted by molar-refractivity contribution is 5.61. The molecule has 0 unspecified atom stereocenters. The topological polar surface area (TPSA) is 67.1 Å². The maximum Gasteiger partial charge on any atom is 0.223 e. The zero-order chi connectivity index (χ0) is 20.2. The van der Waals surface area contributed by atoms with Crippen LogP contribution in [0, 0.1) is 6.92 Å². The molecule has 6 nitrogen and oxygen atoms in total. The van der Waals surface area contributed by atoms with E-state index in [0.717, 1.165) is 55.2 Å². The lowest BCUT2D eigenvalue weighted by Crippen LogP contribution is -2.39. The fourth-order valence-corrected chi connectivity index (χ4v) is 3.84. The summed E-state index contributed by atoms with van der Waals surface area (Å²) in [6, 6.07) is 13.0. The maximum absolute atomic E-state index is 5.44. The van der Waals surface area contributed by atoms with E-state index in [9.17, 15) is 0 Å². The van der Waals surface area contributed by atoms with Crippen molar-refractivity contribution in [1.82, 2.24) is 20.0 Å². The van der Waals surface area contributed by atoms with Crippen molar-refractivity contribution < 1.29 is 4.52 Å². The van der Waals surface area contributed by atoms with Gasteiger partial charge in [-0.15, -0.1) is 0 Å². The highest BCUT2D eigenvalue weighted by Gasteiger charge is 2.21. The molecule has 1 fully saturated rings. The van der Waals surface area contributed by atoms with Gasteiger partial charge in [-0.1, -0.05) is 49.3 Å². The first kappa shape index (κ1) is 19.6. The number of anilines is 1. The van der Waals surface area contributed by atoms with Gasteiger partial charge in [0.2, 0.25) is 5.95 Å². The number of likely N-dealkylation sites (tertiary alicyclic amines) is 1. The number of benzene rings is 1. The maximum atomic E-state index is 5.44. The summed E-state index contributed by atoms with van der Waals surface area (Å²) in [6.07, 6.45) is 4.04. The monoisotopic (exact) mass is 391 g/mol. The van der Waals surface area contributed by atoms with Crippen LogP contribution in [0.4, 0.5) is 5.95 Å². The molecule has 152 valence electrons. The number of rotatable bonds is 6. The molecule has 0 bridgehead atoms. The quantitative estimate of drug-likeness (QED) is 0.660. The van der Waals surface area contributed by atoms with Crippen LogP contribution in [0.2, 0.25) is 0 Å². The van der Waals surface area contributed by atoms with Crippen molar-refractivity contribution in [2.75, 3.05) is 18.4 Å². The number of hydrogen-bond acceptors (Lipinski definition) is 6. The van der Waals surface area contributed by atoms with Crippen LogP contribution in [-0.2, 0) is 6.54 Å². The molecule has 0 radical (unpaired) electrons. The molecule has 0 amide bonds. The largest absolute Gasteiger partial charge is 0.356 e. The average Bonchev–Trinajstić information content (AvgIpc) is 3.16. The molecule has 1 aliphatic heterocycles. The van der Waals surface area contributed by atoms with Gasteiger partial charge >= 0.3 is 0 Å². The predicted octanol–water partition coefficient (Wildman–Crippen LogP) is 4.64. The van der Waals surface area contributed by atoms with E-state index in [1.54, 1.807) is 0 Å². The first-order valence-electron chi connectivity index (χ1n) is 10.4. The van der Waals surface area contributed by atoms with Crippen molar-refractivity contribution >= 4 is 5.95 Å². The van der Waals surface area contributed by atoms with Gasteiger partial charge in [-0.3, -0.25) is 4.90 Å². The third kappa shape index (κ3) is 4.82. The minimum Gasteiger partial charge on any atom is -0.356 e. The van der Waals surface area contributed by atoms with Gasteiger partial charge in [-0.05, 0) is 31.2 Å². The Kier molecular flexibility index (Phi) is 5.90. The number of piperidine rings is 1. The average molecular weight is 392 g/mol. The zero-order valence-corrected chi connectivity index (χ0v) is 17.4. The van der Waals surface area contributed by atoms with Crippen LogP contribution >= 0.6 is 0 Å². The summed E-state index contributed by atoms with van der Waals surface area (Å²) in [4.78, 5) is 11.9. The molecule has 0 aliphatic carbocycles. The summed E-state index contributed by atoms with van der Waals surface area (Å²) >= 11 is 0. The van der Waals surface area contributed by atoms with Gasteiger partial charge in [-0.25, -0.2) is 9.97 Å². The minimum atomic E-state index is 0.270. The number of nitrogens with one attached hydrogen (secondary N) is 1. The molecule has 3 aromatic rings. The Hall–Kier alpha value is -2.73. The molecule has 6 heteroatoms. The van der Waals surface area contributed by atoms with Crippen LogP contribution in [0.3, 0.4) is 0 Å².